The van der Waals surface area contributed by atoms with Crippen LogP contribution in [0.1, 0.15) is 50.7 Å². The van der Waals surface area contributed by atoms with Gasteiger partial charge in [0.15, 0.2) is 5.96 Å². The molecule has 1 saturated heterocycles. The summed E-state index contributed by atoms with van der Waals surface area (Å²) >= 11 is 0. The number of aliphatic imine (C=N–C) groups is 1. The minimum absolute atomic E-state index is 0.103. The smallest absolute Gasteiger partial charge is 0.370 e. The lowest BCUT2D eigenvalue weighted by molar-refractivity contribution is -0.138. The molecular formula is C19H20F3N5O2. The Kier molecular flexibility index (Phi) is 5.62. The van der Waals surface area contributed by atoms with Gasteiger partial charge in [-0.1, -0.05) is 6.07 Å². The van der Waals surface area contributed by atoms with Gasteiger partial charge in [0.2, 0.25) is 0 Å². The molecule has 1 aliphatic rings. The molecule has 154 valence electrons. The normalized spacial score (nSPS) is 15.2. The number of nitrogens with zero attached hydrogens (tertiary/aromatic N) is 2. The van der Waals surface area contributed by atoms with E-state index in [1.165, 1.54) is 12.1 Å². The number of halogens is 3. The number of guanidine groups is 1. The fourth-order valence-corrected chi connectivity index (χ4v) is 3.50. The van der Waals surface area contributed by atoms with Crippen LogP contribution in [-0.4, -0.2) is 40.7 Å². The van der Waals surface area contributed by atoms with Crippen LogP contribution in [0.2, 0.25) is 0 Å². The van der Waals surface area contributed by atoms with E-state index in [-0.39, 0.29) is 23.0 Å². The Bertz CT molecular complexity index is 926. The zero-order valence-electron chi connectivity index (χ0n) is 15.4. The van der Waals surface area contributed by atoms with E-state index in [9.17, 15) is 22.8 Å². The molecule has 0 spiro atoms. The van der Waals surface area contributed by atoms with Crippen molar-refractivity contribution in [2.24, 2.45) is 16.5 Å². The van der Waals surface area contributed by atoms with Gasteiger partial charge in [0, 0.05) is 24.8 Å². The highest BCUT2D eigenvalue weighted by atomic mass is 19.4. The summed E-state index contributed by atoms with van der Waals surface area (Å²) in [4.78, 5) is 32.0. The maximum atomic E-state index is 13.6. The summed E-state index contributed by atoms with van der Waals surface area (Å²) in [6.45, 7) is 0.684. The fraction of sp³-hybridized carbons (Fsp3) is 0.316. The SMILES string of the molecule is NC(N)=NC(=O)c1ccc(C2CCN(C(=O)c3ccc[nH]3)CC2)c(C(F)(F)F)c1. The van der Waals surface area contributed by atoms with Crippen molar-refractivity contribution in [2.45, 2.75) is 24.9 Å². The van der Waals surface area contributed by atoms with Crippen molar-refractivity contribution in [3.8, 4) is 0 Å². The van der Waals surface area contributed by atoms with Crippen molar-refractivity contribution in [1.82, 2.24) is 9.88 Å². The number of H-pyrrole nitrogens is 1. The van der Waals surface area contributed by atoms with Crippen molar-refractivity contribution >= 4 is 17.8 Å². The first kappa shape index (κ1) is 20.4. The molecule has 0 atom stereocenters. The topological polar surface area (TPSA) is 118 Å². The van der Waals surface area contributed by atoms with Crippen LogP contribution >= 0.6 is 0 Å². The molecule has 2 amide bonds. The van der Waals surface area contributed by atoms with E-state index in [1.807, 2.05) is 0 Å². The number of amides is 2. The number of hydrogen-bond acceptors (Lipinski definition) is 2. The van der Waals surface area contributed by atoms with Crippen LogP contribution in [0.25, 0.3) is 0 Å². The first-order chi connectivity index (χ1) is 13.7. The number of hydrogen-bond donors (Lipinski definition) is 3. The molecule has 0 bridgehead atoms. The molecule has 0 aliphatic carbocycles. The number of benzene rings is 1. The van der Waals surface area contributed by atoms with Gasteiger partial charge < -0.3 is 21.4 Å². The summed E-state index contributed by atoms with van der Waals surface area (Å²) in [5.41, 5.74) is 9.67. The van der Waals surface area contributed by atoms with E-state index in [0.717, 1.165) is 6.07 Å². The molecule has 0 radical (unpaired) electrons. The summed E-state index contributed by atoms with van der Waals surface area (Å²) in [5.74, 6) is -2.02. The lowest BCUT2D eigenvalue weighted by Gasteiger charge is -2.33. The molecule has 3 rings (SSSR count). The molecule has 2 aromatic rings. The van der Waals surface area contributed by atoms with Crippen LogP contribution in [-0.2, 0) is 6.18 Å². The molecule has 29 heavy (non-hydrogen) atoms. The van der Waals surface area contributed by atoms with Gasteiger partial charge in [-0.15, -0.1) is 0 Å². The summed E-state index contributed by atoms with van der Waals surface area (Å²) in [6, 6.07) is 6.73. The second-order valence-corrected chi connectivity index (χ2v) is 6.79. The first-order valence-electron chi connectivity index (χ1n) is 8.94. The highest BCUT2D eigenvalue weighted by molar-refractivity contribution is 6.02. The van der Waals surface area contributed by atoms with Crippen LogP contribution in [0.15, 0.2) is 41.5 Å². The third-order valence-electron chi connectivity index (χ3n) is 4.89. The van der Waals surface area contributed by atoms with Crippen molar-refractivity contribution in [3.05, 3.63) is 58.9 Å². The van der Waals surface area contributed by atoms with E-state index in [2.05, 4.69) is 9.98 Å². The number of alkyl halides is 3. The highest BCUT2D eigenvalue weighted by Crippen LogP contribution is 2.39. The molecule has 5 N–H and O–H groups in total. The molecule has 1 fully saturated rings. The van der Waals surface area contributed by atoms with Crippen LogP contribution in [0.3, 0.4) is 0 Å². The molecule has 10 heteroatoms. The van der Waals surface area contributed by atoms with Gasteiger partial charge in [0.05, 0.1) is 5.56 Å². The first-order valence-corrected chi connectivity index (χ1v) is 8.94. The number of aromatic amines is 1. The Morgan fingerprint density at radius 1 is 1.14 bits per heavy atom. The lowest BCUT2D eigenvalue weighted by atomic mass is 9.85. The Morgan fingerprint density at radius 3 is 2.38 bits per heavy atom. The predicted molar refractivity (Wildman–Crippen MR) is 100 cm³/mol. The van der Waals surface area contributed by atoms with Gasteiger partial charge in [-0.2, -0.15) is 18.2 Å². The predicted octanol–water partition coefficient (Wildman–Crippen LogP) is 2.47. The van der Waals surface area contributed by atoms with Crippen LogP contribution < -0.4 is 11.5 Å². The largest absolute Gasteiger partial charge is 0.416 e. The molecular weight excluding hydrogens is 387 g/mol. The summed E-state index contributed by atoms with van der Waals surface area (Å²) in [5, 5.41) is 0. The van der Waals surface area contributed by atoms with Crippen LogP contribution in [0.4, 0.5) is 13.2 Å². The summed E-state index contributed by atoms with van der Waals surface area (Å²) in [7, 11) is 0. The molecule has 0 saturated carbocycles. The van der Waals surface area contributed by atoms with Gasteiger partial charge >= 0.3 is 6.18 Å². The van der Waals surface area contributed by atoms with Gasteiger partial charge in [-0.3, -0.25) is 9.59 Å². The Morgan fingerprint density at radius 2 is 1.83 bits per heavy atom. The number of carbonyl (C=O) groups excluding carboxylic acids is 2. The number of rotatable bonds is 3. The van der Waals surface area contributed by atoms with Gasteiger partial charge in [0.1, 0.15) is 5.69 Å². The van der Waals surface area contributed by atoms with E-state index < -0.39 is 23.6 Å². The minimum Gasteiger partial charge on any atom is -0.370 e. The van der Waals surface area contributed by atoms with Gasteiger partial charge in [-0.05, 0) is 48.6 Å². The second kappa shape index (κ2) is 7.98. The maximum absolute atomic E-state index is 13.6. The molecule has 0 unspecified atom stereocenters. The Labute approximate surface area is 164 Å². The average Bonchev–Trinajstić information content (AvgIpc) is 3.20. The van der Waals surface area contributed by atoms with Gasteiger partial charge in [0.25, 0.3) is 11.8 Å². The van der Waals surface area contributed by atoms with E-state index in [1.54, 1.807) is 23.2 Å². The molecule has 1 aromatic heterocycles. The zero-order chi connectivity index (χ0) is 21.2. The Balaban J connectivity index is 1.81. The van der Waals surface area contributed by atoms with Crippen LogP contribution in [0, 0.1) is 0 Å². The zero-order valence-corrected chi connectivity index (χ0v) is 15.4. The monoisotopic (exact) mass is 407 g/mol. The number of nitrogens with one attached hydrogen (secondary N) is 1. The Hall–Kier alpha value is -3.30. The van der Waals surface area contributed by atoms with E-state index in [0.29, 0.717) is 31.6 Å². The summed E-state index contributed by atoms with van der Waals surface area (Å²) in [6.07, 6.45) is -2.23. The van der Waals surface area contributed by atoms with Gasteiger partial charge in [-0.25, -0.2) is 0 Å². The third kappa shape index (κ3) is 4.58. The third-order valence-corrected chi connectivity index (χ3v) is 4.89. The number of carbonyl (C=O) groups is 2. The summed E-state index contributed by atoms with van der Waals surface area (Å²) < 4.78 is 40.9. The van der Waals surface area contributed by atoms with E-state index >= 15 is 0 Å². The molecule has 2 heterocycles. The number of piperidine rings is 1. The van der Waals surface area contributed by atoms with Crippen molar-refractivity contribution in [3.63, 3.8) is 0 Å². The standard InChI is InChI=1S/C19H20F3N5O2/c20-19(21,22)14-10-12(16(28)26-18(23)24)3-4-13(14)11-5-8-27(9-6-11)17(29)15-2-1-7-25-15/h1-4,7,10-11,25H,5-6,8-9H2,(H4,23,24,26,28). The second-order valence-electron chi connectivity index (χ2n) is 6.79. The average molecular weight is 407 g/mol. The number of aromatic nitrogens is 1. The highest BCUT2D eigenvalue weighted by Gasteiger charge is 2.37. The van der Waals surface area contributed by atoms with Crippen molar-refractivity contribution in [2.75, 3.05) is 13.1 Å². The van der Waals surface area contributed by atoms with E-state index in [4.69, 9.17) is 11.5 Å². The van der Waals surface area contributed by atoms with Crippen molar-refractivity contribution in [1.29, 1.82) is 0 Å². The molecule has 7 nitrogen and oxygen atoms in total. The van der Waals surface area contributed by atoms with Crippen LogP contribution in [0.5, 0.6) is 0 Å². The number of nitrogens with two attached hydrogens (primary N) is 2. The maximum Gasteiger partial charge on any atom is 0.416 e. The van der Waals surface area contributed by atoms with Crippen molar-refractivity contribution < 1.29 is 22.8 Å². The molecule has 1 aliphatic heterocycles. The molecule has 1 aromatic carbocycles. The lowest BCUT2D eigenvalue weighted by Crippen LogP contribution is -2.38. The minimum atomic E-state index is -4.64. The quantitative estimate of drug-likeness (QED) is 0.535. The fourth-order valence-electron chi connectivity index (χ4n) is 3.50. The number of likely N-dealkylation sites (tertiary alicyclic amines) is 1.